The molecule has 2 atom stereocenters. The van der Waals surface area contributed by atoms with E-state index in [0.29, 0.717) is 12.1 Å². The van der Waals surface area contributed by atoms with Crippen molar-refractivity contribution in [3.63, 3.8) is 0 Å². The summed E-state index contributed by atoms with van der Waals surface area (Å²) in [7, 11) is 2.10. The zero-order valence-corrected chi connectivity index (χ0v) is 16.2. The molecule has 1 N–H and O–H groups in total. The first kappa shape index (κ1) is 21.1. The van der Waals surface area contributed by atoms with Crippen molar-refractivity contribution < 1.29 is 4.79 Å². The summed E-state index contributed by atoms with van der Waals surface area (Å²) in [6.45, 7) is 5.19. The third kappa shape index (κ3) is 4.35. The molecule has 1 aromatic carbocycles. The molecule has 136 valence electrons. The molecular formula is C18H29Cl2N3O. The normalized spacial score (nSPS) is 22.2. The molecule has 0 spiro atoms. The molecule has 0 radical (unpaired) electrons. The average Bonchev–Trinajstić information content (AvgIpc) is 2.80. The maximum Gasteiger partial charge on any atom is 0.254 e. The number of halogens is 2. The molecule has 0 aromatic heterocycles. The lowest BCUT2D eigenvalue weighted by molar-refractivity contribution is 0.0680. The Labute approximate surface area is 157 Å². The van der Waals surface area contributed by atoms with E-state index in [1.807, 2.05) is 12.1 Å². The van der Waals surface area contributed by atoms with Gasteiger partial charge in [0.05, 0.1) is 0 Å². The molecule has 2 unspecified atom stereocenters. The lowest BCUT2D eigenvalue weighted by atomic mass is 10.1. The summed E-state index contributed by atoms with van der Waals surface area (Å²) in [5, 5.41) is 3.45. The van der Waals surface area contributed by atoms with E-state index < -0.39 is 0 Å². The molecule has 1 aromatic rings. The number of nitrogens with one attached hydrogen (secondary N) is 1. The molecular weight excluding hydrogens is 345 g/mol. The fourth-order valence-electron chi connectivity index (χ4n) is 3.79. The van der Waals surface area contributed by atoms with Crippen LogP contribution in [0.25, 0.3) is 0 Å². The largest absolute Gasteiger partial charge is 0.375 e. The lowest BCUT2D eigenvalue weighted by Crippen LogP contribution is -2.42. The Balaban J connectivity index is 0.00000144. The van der Waals surface area contributed by atoms with E-state index >= 15 is 0 Å². The van der Waals surface area contributed by atoms with Crippen molar-refractivity contribution in [1.82, 2.24) is 10.2 Å². The molecule has 3 rings (SSSR count). The summed E-state index contributed by atoms with van der Waals surface area (Å²) in [4.78, 5) is 17.3. The summed E-state index contributed by atoms with van der Waals surface area (Å²) >= 11 is 0. The third-order valence-corrected chi connectivity index (χ3v) is 5.00. The summed E-state index contributed by atoms with van der Waals surface area (Å²) in [5.74, 6) is 0.209. The second-order valence-electron chi connectivity index (χ2n) is 6.56. The molecule has 24 heavy (non-hydrogen) atoms. The predicted octanol–water partition coefficient (Wildman–Crippen LogP) is 3.34. The summed E-state index contributed by atoms with van der Waals surface area (Å²) in [5.41, 5.74) is 2.01. The predicted molar refractivity (Wildman–Crippen MR) is 105 cm³/mol. The minimum atomic E-state index is 0. The number of rotatable bonds is 4. The van der Waals surface area contributed by atoms with Gasteiger partial charge < -0.3 is 15.1 Å². The monoisotopic (exact) mass is 373 g/mol. The van der Waals surface area contributed by atoms with Gasteiger partial charge in [-0.25, -0.2) is 0 Å². The highest BCUT2D eigenvalue weighted by molar-refractivity contribution is 5.95. The molecule has 1 amide bonds. The maximum absolute atomic E-state index is 12.9. The fraction of sp³-hybridized carbons (Fsp3) is 0.611. The van der Waals surface area contributed by atoms with Crippen molar-refractivity contribution in [3.05, 3.63) is 29.8 Å². The van der Waals surface area contributed by atoms with E-state index in [4.69, 9.17) is 0 Å². The summed E-state index contributed by atoms with van der Waals surface area (Å²) in [6.07, 6.45) is 4.51. The Morgan fingerprint density at radius 3 is 2.50 bits per heavy atom. The van der Waals surface area contributed by atoms with Gasteiger partial charge in [-0.3, -0.25) is 4.79 Å². The zero-order valence-electron chi connectivity index (χ0n) is 14.5. The van der Waals surface area contributed by atoms with E-state index in [0.717, 1.165) is 50.9 Å². The molecule has 0 aliphatic carbocycles. The van der Waals surface area contributed by atoms with Crippen LogP contribution in [0.5, 0.6) is 0 Å². The maximum atomic E-state index is 12.9. The van der Waals surface area contributed by atoms with Crippen molar-refractivity contribution in [2.75, 3.05) is 31.6 Å². The van der Waals surface area contributed by atoms with Gasteiger partial charge in [0.1, 0.15) is 0 Å². The van der Waals surface area contributed by atoms with Crippen LogP contribution in [0.2, 0.25) is 0 Å². The van der Waals surface area contributed by atoms with E-state index in [1.165, 1.54) is 5.69 Å². The van der Waals surface area contributed by atoms with E-state index in [-0.39, 0.29) is 30.7 Å². The number of benzene rings is 1. The van der Waals surface area contributed by atoms with Gasteiger partial charge in [-0.2, -0.15) is 0 Å². The van der Waals surface area contributed by atoms with Crippen LogP contribution in [0, 0.1) is 0 Å². The first-order valence-corrected chi connectivity index (χ1v) is 8.55. The SMILES string of the molecule is CCCN(C)c1ccc(C(=O)N2C3CCNCC2CC3)cc1.Cl.Cl. The van der Waals surface area contributed by atoms with Crippen LogP contribution in [-0.4, -0.2) is 49.6 Å². The van der Waals surface area contributed by atoms with Gasteiger partial charge in [0, 0.05) is 43.5 Å². The number of amides is 1. The van der Waals surface area contributed by atoms with Crippen LogP contribution in [0.4, 0.5) is 5.69 Å². The molecule has 0 saturated carbocycles. The van der Waals surface area contributed by atoms with Gasteiger partial charge in [0.2, 0.25) is 0 Å². The van der Waals surface area contributed by atoms with Gasteiger partial charge in [-0.1, -0.05) is 6.92 Å². The van der Waals surface area contributed by atoms with Gasteiger partial charge in [0.15, 0.2) is 0 Å². The quantitative estimate of drug-likeness (QED) is 0.878. The number of carbonyl (C=O) groups excluding carboxylic acids is 1. The first-order chi connectivity index (χ1) is 10.7. The summed E-state index contributed by atoms with van der Waals surface area (Å²) in [6, 6.07) is 8.92. The molecule has 2 saturated heterocycles. The fourth-order valence-corrected chi connectivity index (χ4v) is 3.79. The van der Waals surface area contributed by atoms with Crippen LogP contribution in [0.15, 0.2) is 24.3 Å². The molecule has 2 aliphatic heterocycles. The van der Waals surface area contributed by atoms with Crippen molar-refractivity contribution in [3.8, 4) is 0 Å². The number of fused-ring (bicyclic) bond motifs is 2. The highest BCUT2D eigenvalue weighted by Gasteiger charge is 2.38. The minimum absolute atomic E-state index is 0. The van der Waals surface area contributed by atoms with E-state index in [2.05, 4.69) is 41.2 Å². The number of nitrogens with zero attached hydrogens (tertiary/aromatic N) is 2. The van der Waals surface area contributed by atoms with Gasteiger partial charge in [-0.05, 0) is 56.5 Å². The minimum Gasteiger partial charge on any atom is -0.375 e. The number of hydrogen-bond acceptors (Lipinski definition) is 3. The molecule has 2 aliphatic rings. The van der Waals surface area contributed by atoms with Crippen LogP contribution < -0.4 is 10.2 Å². The summed E-state index contributed by atoms with van der Waals surface area (Å²) < 4.78 is 0. The zero-order chi connectivity index (χ0) is 15.5. The van der Waals surface area contributed by atoms with Crippen LogP contribution in [0.3, 0.4) is 0 Å². The van der Waals surface area contributed by atoms with E-state index in [9.17, 15) is 4.79 Å². The third-order valence-electron chi connectivity index (χ3n) is 5.00. The smallest absolute Gasteiger partial charge is 0.254 e. The standard InChI is InChI=1S/C18H27N3O.2ClH/c1-3-12-20(2)15-6-4-14(5-7-15)18(22)21-16-8-9-17(21)13-19-11-10-16;;/h4-7,16-17,19H,3,8-13H2,1-2H3;2*1H. The Morgan fingerprint density at radius 1 is 1.17 bits per heavy atom. The Hall–Kier alpha value is -0.970. The van der Waals surface area contributed by atoms with Crippen LogP contribution >= 0.6 is 24.8 Å². The Kier molecular flexibility index (Phi) is 8.34. The van der Waals surface area contributed by atoms with Gasteiger partial charge >= 0.3 is 0 Å². The van der Waals surface area contributed by atoms with Crippen molar-refractivity contribution in [2.24, 2.45) is 0 Å². The average molecular weight is 374 g/mol. The van der Waals surface area contributed by atoms with Crippen molar-refractivity contribution in [2.45, 2.75) is 44.7 Å². The second-order valence-corrected chi connectivity index (χ2v) is 6.56. The topological polar surface area (TPSA) is 35.6 Å². The van der Waals surface area contributed by atoms with Crippen molar-refractivity contribution >= 4 is 36.4 Å². The van der Waals surface area contributed by atoms with Crippen LogP contribution in [0.1, 0.15) is 43.0 Å². The lowest BCUT2D eigenvalue weighted by Gasteiger charge is -2.28. The van der Waals surface area contributed by atoms with Crippen LogP contribution in [-0.2, 0) is 0 Å². The van der Waals surface area contributed by atoms with Gasteiger partial charge in [-0.15, -0.1) is 24.8 Å². The molecule has 4 nitrogen and oxygen atoms in total. The number of anilines is 1. The van der Waals surface area contributed by atoms with Crippen molar-refractivity contribution in [1.29, 1.82) is 0 Å². The van der Waals surface area contributed by atoms with E-state index in [1.54, 1.807) is 0 Å². The number of hydrogen-bond donors (Lipinski definition) is 1. The number of carbonyl (C=O) groups is 1. The first-order valence-electron chi connectivity index (χ1n) is 8.55. The molecule has 2 fully saturated rings. The highest BCUT2D eigenvalue weighted by Crippen LogP contribution is 2.29. The molecule has 2 heterocycles. The van der Waals surface area contributed by atoms with Gasteiger partial charge in [0.25, 0.3) is 5.91 Å². The second kappa shape index (κ2) is 9.50. The Bertz CT molecular complexity index is 510. The highest BCUT2D eigenvalue weighted by atomic mass is 35.5. The Morgan fingerprint density at radius 2 is 1.83 bits per heavy atom. The molecule has 2 bridgehead atoms. The molecule has 6 heteroatoms.